The van der Waals surface area contributed by atoms with Crippen LogP contribution in [0.2, 0.25) is 0 Å². The molecule has 176 valence electrons. The minimum Gasteiger partial charge on any atom is -0.487 e. The highest BCUT2D eigenvalue weighted by atomic mass is 19.4. The van der Waals surface area contributed by atoms with E-state index in [1.54, 1.807) is 19.1 Å². The van der Waals surface area contributed by atoms with Gasteiger partial charge in [0, 0.05) is 7.05 Å². The van der Waals surface area contributed by atoms with Crippen LogP contribution in [0, 0.1) is 13.8 Å². The van der Waals surface area contributed by atoms with Crippen LogP contribution in [0.15, 0.2) is 53.7 Å². The summed E-state index contributed by atoms with van der Waals surface area (Å²) < 4.78 is 52.1. The number of carbonyl (C=O) groups excluding carboxylic acids is 2. The first kappa shape index (κ1) is 24.2. The summed E-state index contributed by atoms with van der Waals surface area (Å²) in [5, 5.41) is 2.50. The van der Waals surface area contributed by atoms with Gasteiger partial charge in [0.25, 0.3) is 0 Å². The molecule has 0 radical (unpaired) electrons. The second-order valence-electron chi connectivity index (χ2n) is 7.64. The van der Waals surface area contributed by atoms with E-state index in [-0.39, 0.29) is 30.0 Å². The molecule has 2 aromatic rings. The number of rotatable bonds is 6. The number of benzene rings is 2. The van der Waals surface area contributed by atoms with E-state index in [4.69, 9.17) is 9.47 Å². The highest BCUT2D eigenvalue weighted by Gasteiger charge is 2.42. The van der Waals surface area contributed by atoms with Crippen LogP contribution in [0.1, 0.15) is 35.2 Å². The predicted octanol–water partition coefficient (Wildman–Crippen LogP) is 4.91. The van der Waals surface area contributed by atoms with Crippen LogP contribution in [0.3, 0.4) is 0 Å². The number of carbonyl (C=O) groups is 2. The number of hydrogen-bond donors (Lipinski definition) is 1. The SMILES string of the molecule is CCOC(=O)C1=C(COc2ccc(C)c(C)c2)N(C)C(=O)N[C@H]1c1ccccc1C(F)(F)F. The number of aryl methyl sites for hydroxylation is 2. The summed E-state index contributed by atoms with van der Waals surface area (Å²) in [6, 6.07) is 8.21. The molecule has 0 aliphatic carbocycles. The number of urea groups is 1. The molecule has 2 amide bonds. The molecule has 0 fully saturated rings. The van der Waals surface area contributed by atoms with Crippen LogP contribution in [0.5, 0.6) is 5.75 Å². The van der Waals surface area contributed by atoms with Gasteiger partial charge < -0.3 is 14.8 Å². The van der Waals surface area contributed by atoms with Crippen molar-refractivity contribution in [2.24, 2.45) is 0 Å². The zero-order chi connectivity index (χ0) is 24.3. The summed E-state index contributed by atoms with van der Waals surface area (Å²) in [7, 11) is 1.42. The average Bonchev–Trinajstić information content (AvgIpc) is 2.76. The lowest BCUT2D eigenvalue weighted by atomic mass is 9.91. The first-order valence-corrected chi connectivity index (χ1v) is 10.3. The Morgan fingerprint density at radius 3 is 2.45 bits per heavy atom. The second kappa shape index (κ2) is 9.56. The lowest BCUT2D eigenvalue weighted by Crippen LogP contribution is -2.48. The number of alkyl halides is 3. The van der Waals surface area contributed by atoms with E-state index in [1.807, 2.05) is 19.9 Å². The summed E-state index contributed by atoms with van der Waals surface area (Å²) in [6.07, 6.45) is -4.68. The predicted molar refractivity (Wildman–Crippen MR) is 116 cm³/mol. The van der Waals surface area contributed by atoms with E-state index < -0.39 is 29.8 Å². The van der Waals surface area contributed by atoms with Gasteiger partial charge in [0.15, 0.2) is 0 Å². The molecular formula is C24H25F3N2O4. The molecule has 1 heterocycles. The number of nitrogens with zero attached hydrogens (tertiary/aromatic N) is 1. The Kier molecular flexibility index (Phi) is 7.00. The molecule has 0 aromatic heterocycles. The molecule has 3 rings (SSSR count). The number of amides is 2. The summed E-state index contributed by atoms with van der Waals surface area (Å²) in [5.74, 6) is -0.328. The van der Waals surface area contributed by atoms with E-state index in [2.05, 4.69) is 5.32 Å². The molecule has 6 nitrogen and oxygen atoms in total. The van der Waals surface area contributed by atoms with Crippen LogP contribution in [0.25, 0.3) is 0 Å². The quantitative estimate of drug-likeness (QED) is 0.620. The van der Waals surface area contributed by atoms with E-state index in [9.17, 15) is 22.8 Å². The fourth-order valence-corrected chi connectivity index (χ4v) is 3.58. The first-order chi connectivity index (χ1) is 15.5. The topological polar surface area (TPSA) is 67.9 Å². The molecule has 0 unspecified atom stereocenters. The lowest BCUT2D eigenvalue weighted by Gasteiger charge is -2.35. The Morgan fingerprint density at radius 1 is 1.12 bits per heavy atom. The van der Waals surface area contributed by atoms with Gasteiger partial charge in [-0.05, 0) is 55.7 Å². The van der Waals surface area contributed by atoms with E-state index in [1.165, 1.54) is 25.2 Å². The van der Waals surface area contributed by atoms with Crippen molar-refractivity contribution < 1.29 is 32.2 Å². The summed E-state index contributed by atoms with van der Waals surface area (Å²) in [4.78, 5) is 26.8. The number of halogens is 3. The van der Waals surface area contributed by atoms with Gasteiger partial charge in [-0.25, -0.2) is 9.59 Å². The zero-order valence-electron chi connectivity index (χ0n) is 18.7. The fraction of sp³-hybridized carbons (Fsp3) is 0.333. The minimum absolute atomic E-state index is 0.0128. The monoisotopic (exact) mass is 462 g/mol. The molecule has 0 spiro atoms. The molecule has 9 heteroatoms. The van der Waals surface area contributed by atoms with Crippen LogP contribution >= 0.6 is 0 Å². The van der Waals surface area contributed by atoms with Crippen molar-refractivity contribution in [1.29, 1.82) is 0 Å². The third-order valence-corrected chi connectivity index (χ3v) is 5.50. The number of esters is 1. The number of likely N-dealkylation sites (N-methyl/N-ethyl adjacent to an activating group) is 1. The van der Waals surface area contributed by atoms with Crippen molar-refractivity contribution >= 4 is 12.0 Å². The Balaban J connectivity index is 2.11. The van der Waals surface area contributed by atoms with Crippen LogP contribution in [-0.4, -0.2) is 37.2 Å². The Bertz CT molecular complexity index is 1100. The summed E-state index contributed by atoms with van der Waals surface area (Å²) in [6.45, 7) is 5.25. The van der Waals surface area contributed by atoms with Crippen molar-refractivity contribution in [3.05, 3.63) is 76.0 Å². The number of nitrogens with one attached hydrogen (secondary N) is 1. The molecule has 1 aliphatic rings. The van der Waals surface area contributed by atoms with Crippen molar-refractivity contribution in [2.75, 3.05) is 20.3 Å². The van der Waals surface area contributed by atoms with Gasteiger partial charge in [-0.2, -0.15) is 13.2 Å². The molecule has 0 saturated heterocycles. The van der Waals surface area contributed by atoms with Crippen molar-refractivity contribution in [1.82, 2.24) is 10.2 Å². The zero-order valence-corrected chi connectivity index (χ0v) is 18.7. The Morgan fingerprint density at radius 2 is 1.82 bits per heavy atom. The van der Waals surface area contributed by atoms with Gasteiger partial charge >= 0.3 is 18.2 Å². The highest BCUT2D eigenvalue weighted by molar-refractivity contribution is 5.95. The fourth-order valence-electron chi connectivity index (χ4n) is 3.58. The maximum absolute atomic E-state index is 13.7. The molecule has 2 aromatic carbocycles. The van der Waals surface area contributed by atoms with Crippen molar-refractivity contribution in [3.8, 4) is 5.75 Å². The summed E-state index contributed by atoms with van der Waals surface area (Å²) in [5.41, 5.74) is 0.858. The van der Waals surface area contributed by atoms with Crippen molar-refractivity contribution in [2.45, 2.75) is 33.0 Å². The van der Waals surface area contributed by atoms with Gasteiger partial charge in [0.1, 0.15) is 12.4 Å². The maximum atomic E-state index is 13.7. The molecule has 1 atom stereocenters. The third kappa shape index (κ3) is 5.13. The normalized spacial score (nSPS) is 16.5. The standard InChI is InChI=1S/C24H25F3N2O4/c1-5-32-22(30)20-19(13-33-16-11-10-14(2)15(3)12-16)29(4)23(31)28-21(20)17-8-6-7-9-18(17)24(25,26)27/h6-12,21H,5,13H2,1-4H3,(H,28,31)/t21-/m0/s1. The summed E-state index contributed by atoms with van der Waals surface area (Å²) >= 11 is 0. The van der Waals surface area contributed by atoms with Crippen LogP contribution in [-0.2, 0) is 15.7 Å². The molecular weight excluding hydrogens is 437 g/mol. The van der Waals surface area contributed by atoms with Gasteiger partial charge in [-0.1, -0.05) is 24.3 Å². The van der Waals surface area contributed by atoms with E-state index >= 15 is 0 Å². The van der Waals surface area contributed by atoms with Crippen molar-refractivity contribution in [3.63, 3.8) is 0 Å². The van der Waals surface area contributed by atoms with Gasteiger partial charge in [-0.3, -0.25) is 4.90 Å². The number of ether oxygens (including phenoxy) is 2. The van der Waals surface area contributed by atoms with Gasteiger partial charge in [0.2, 0.25) is 0 Å². The molecule has 0 bridgehead atoms. The second-order valence-corrected chi connectivity index (χ2v) is 7.64. The first-order valence-electron chi connectivity index (χ1n) is 10.3. The van der Waals surface area contributed by atoms with E-state index in [0.717, 1.165) is 22.1 Å². The Labute approximate surface area is 190 Å². The van der Waals surface area contributed by atoms with Crippen LogP contribution < -0.4 is 10.1 Å². The van der Waals surface area contributed by atoms with E-state index in [0.29, 0.717) is 5.75 Å². The average molecular weight is 462 g/mol. The number of hydrogen-bond acceptors (Lipinski definition) is 4. The largest absolute Gasteiger partial charge is 0.487 e. The maximum Gasteiger partial charge on any atom is 0.416 e. The molecule has 1 N–H and O–H groups in total. The minimum atomic E-state index is -4.68. The third-order valence-electron chi connectivity index (χ3n) is 5.50. The highest BCUT2D eigenvalue weighted by Crippen LogP contribution is 2.39. The smallest absolute Gasteiger partial charge is 0.416 e. The van der Waals surface area contributed by atoms with Gasteiger partial charge in [-0.15, -0.1) is 0 Å². The molecule has 33 heavy (non-hydrogen) atoms. The Hall–Kier alpha value is -3.49. The molecule has 1 aliphatic heterocycles. The van der Waals surface area contributed by atoms with Gasteiger partial charge in [0.05, 0.1) is 29.5 Å². The molecule has 0 saturated carbocycles. The lowest BCUT2D eigenvalue weighted by molar-refractivity contribution is -0.141. The van der Waals surface area contributed by atoms with Crippen LogP contribution in [0.4, 0.5) is 18.0 Å².